The van der Waals surface area contributed by atoms with Gasteiger partial charge in [-0.1, -0.05) is 19.6 Å². The SMILES string of the molecule is C.CC=CCOCC(O)CNC. The van der Waals surface area contributed by atoms with Crippen LogP contribution in [0.5, 0.6) is 0 Å². The van der Waals surface area contributed by atoms with Crippen molar-refractivity contribution in [1.29, 1.82) is 0 Å². The molecule has 0 saturated heterocycles. The molecular formula is C9H21NO2. The lowest BCUT2D eigenvalue weighted by Gasteiger charge is -2.08. The summed E-state index contributed by atoms with van der Waals surface area (Å²) in [4.78, 5) is 0. The van der Waals surface area contributed by atoms with Crippen molar-refractivity contribution in [3.05, 3.63) is 12.2 Å². The maximum absolute atomic E-state index is 9.14. The molecule has 74 valence electrons. The van der Waals surface area contributed by atoms with Crippen LogP contribution in [-0.4, -0.2) is 38.0 Å². The van der Waals surface area contributed by atoms with E-state index in [9.17, 15) is 0 Å². The summed E-state index contributed by atoms with van der Waals surface area (Å²) in [5.41, 5.74) is 0. The Labute approximate surface area is 75.4 Å². The van der Waals surface area contributed by atoms with Gasteiger partial charge in [-0.15, -0.1) is 0 Å². The molecule has 0 heterocycles. The van der Waals surface area contributed by atoms with Crippen LogP contribution in [0.4, 0.5) is 0 Å². The lowest BCUT2D eigenvalue weighted by molar-refractivity contribution is 0.0505. The predicted molar refractivity (Wildman–Crippen MR) is 52.3 cm³/mol. The summed E-state index contributed by atoms with van der Waals surface area (Å²) in [6, 6.07) is 0. The maximum atomic E-state index is 9.14. The Kier molecular flexibility index (Phi) is 12.5. The largest absolute Gasteiger partial charge is 0.389 e. The lowest BCUT2D eigenvalue weighted by Crippen LogP contribution is -2.27. The zero-order valence-corrected chi connectivity index (χ0v) is 7.21. The van der Waals surface area contributed by atoms with Gasteiger partial charge in [0.15, 0.2) is 0 Å². The molecule has 0 aliphatic carbocycles. The van der Waals surface area contributed by atoms with E-state index in [1.54, 1.807) is 7.05 Å². The van der Waals surface area contributed by atoms with Gasteiger partial charge in [0.2, 0.25) is 0 Å². The Morgan fingerprint density at radius 1 is 1.58 bits per heavy atom. The molecule has 0 aliphatic rings. The number of aliphatic hydroxyl groups excluding tert-OH is 1. The first-order chi connectivity index (χ1) is 5.31. The molecule has 0 spiro atoms. The first-order valence-corrected chi connectivity index (χ1v) is 3.82. The highest BCUT2D eigenvalue weighted by atomic mass is 16.5. The van der Waals surface area contributed by atoms with E-state index >= 15 is 0 Å². The molecular weight excluding hydrogens is 154 g/mol. The third kappa shape index (κ3) is 9.62. The van der Waals surface area contributed by atoms with Crippen LogP contribution in [0, 0.1) is 0 Å². The summed E-state index contributed by atoms with van der Waals surface area (Å²) < 4.78 is 5.11. The number of likely N-dealkylation sites (N-methyl/N-ethyl adjacent to an activating group) is 1. The highest BCUT2D eigenvalue weighted by molar-refractivity contribution is 4.76. The molecule has 0 aromatic heterocycles. The molecule has 12 heavy (non-hydrogen) atoms. The average molecular weight is 175 g/mol. The zero-order valence-electron chi connectivity index (χ0n) is 7.21. The van der Waals surface area contributed by atoms with Crippen molar-refractivity contribution in [2.24, 2.45) is 0 Å². The Morgan fingerprint density at radius 3 is 2.75 bits per heavy atom. The standard InChI is InChI=1S/C8H17NO2.CH4/c1-3-4-5-11-7-8(10)6-9-2;/h3-4,8-10H,5-7H2,1-2H3;1H4. The van der Waals surface area contributed by atoms with Crippen molar-refractivity contribution in [1.82, 2.24) is 5.32 Å². The van der Waals surface area contributed by atoms with E-state index in [0.717, 1.165) is 0 Å². The molecule has 0 fully saturated rings. The van der Waals surface area contributed by atoms with E-state index in [1.807, 2.05) is 19.1 Å². The van der Waals surface area contributed by atoms with E-state index < -0.39 is 6.10 Å². The van der Waals surface area contributed by atoms with Crippen molar-refractivity contribution in [3.8, 4) is 0 Å². The molecule has 0 aromatic rings. The number of nitrogens with one attached hydrogen (secondary N) is 1. The molecule has 0 amide bonds. The van der Waals surface area contributed by atoms with Gasteiger partial charge < -0.3 is 15.2 Å². The summed E-state index contributed by atoms with van der Waals surface area (Å²) in [6.07, 6.45) is 3.43. The van der Waals surface area contributed by atoms with Crippen LogP contribution in [0.3, 0.4) is 0 Å². The minimum absolute atomic E-state index is 0. The fourth-order valence-corrected chi connectivity index (χ4v) is 0.663. The van der Waals surface area contributed by atoms with Gasteiger partial charge in [-0.2, -0.15) is 0 Å². The molecule has 0 aliphatic heterocycles. The first kappa shape index (κ1) is 14.2. The smallest absolute Gasteiger partial charge is 0.0897 e. The van der Waals surface area contributed by atoms with Gasteiger partial charge in [0.05, 0.1) is 19.3 Å². The molecule has 1 unspecified atom stereocenters. The van der Waals surface area contributed by atoms with Gasteiger partial charge in [0.1, 0.15) is 0 Å². The van der Waals surface area contributed by atoms with Crippen molar-refractivity contribution in [2.45, 2.75) is 20.5 Å². The number of hydrogen-bond donors (Lipinski definition) is 2. The number of allylic oxidation sites excluding steroid dienone is 1. The number of rotatable bonds is 6. The number of aliphatic hydroxyl groups is 1. The van der Waals surface area contributed by atoms with E-state index in [-0.39, 0.29) is 7.43 Å². The van der Waals surface area contributed by atoms with Crippen LogP contribution in [0.1, 0.15) is 14.4 Å². The Bertz CT molecular complexity index is 105. The molecule has 1 atom stereocenters. The molecule has 0 rings (SSSR count). The zero-order chi connectivity index (χ0) is 8.53. The molecule has 0 radical (unpaired) electrons. The van der Waals surface area contributed by atoms with Crippen molar-refractivity contribution in [3.63, 3.8) is 0 Å². The Balaban J connectivity index is 0. The third-order valence-electron chi connectivity index (χ3n) is 1.20. The van der Waals surface area contributed by atoms with Gasteiger partial charge >= 0.3 is 0 Å². The number of hydrogen-bond acceptors (Lipinski definition) is 3. The number of ether oxygens (including phenoxy) is 1. The van der Waals surface area contributed by atoms with Crippen LogP contribution >= 0.6 is 0 Å². The summed E-state index contributed by atoms with van der Waals surface area (Å²) in [5, 5.41) is 12.0. The second-order valence-corrected chi connectivity index (χ2v) is 2.32. The molecule has 3 nitrogen and oxygen atoms in total. The fraction of sp³-hybridized carbons (Fsp3) is 0.778. The van der Waals surface area contributed by atoms with Crippen LogP contribution in [0.15, 0.2) is 12.2 Å². The molecule has 2 N–H and O–H groups in total. The van der Waals surface area contributed by atoms with Gasteiger partial charge in [-0.25, -0.2) is 0 Å². The fourth-order valence-electron chi connectivity index (χ4n) is 0.663. The Morgan fingerprint density at radius 2 is 2.25 bits per heavy atom. The monoisotopic (exact) mass is 175 g/mol. The predicted octanol–water partition coefficient (Wildman–Crippen LogP) is 0.795. The Hall–Kier alpha value is -0.380. The highest BCUT2D eigenvalue weighted by Gasteiger charge is 1.99. The topological polar surface area (TPSA) is 41.5 Å². The van der Waals surface area contributed by atoms with Crippen LogP contribution in [0.25, 0.3) is 0 Å². The molecule has 0 saturated carbocycles. The molecule has 3 heteroatoms. The maximum Gasteiger partial charge on any atom is 0.0897 e. The average Bonchev–Trinajstić information content (AvgIpc) is 1.99. The second-order valence-electron chi connectivity index (χ2n) is 2.32. The van der Waals surface area contributed by atoms with Gasteiger partial charge in [-0.05, 0) is 14.0 Å². The third-order valence-corrected chi connectivity index (χ3v) is 1.20. The summed E-state index contributed by atoms with van der Waals surface area (Å²) in [5.74, 6) is 0. The van der Waals surface area contributed by atoms with E-state index in [0.29, 0.717) is 19.8 Å². The lowest BCUT2D eigenvalue weighted by atomic mass is 10.4. The highest BCUT2D eigenvalue weighted by Crippen LogP contribution is 1.83. The summed E-state index contributed by atoms with van der Waals surface area (Å²) in [6.45, 7) is 3.49. The van der Waals surface area contributed by atoms with E-state index in [2.05, 4.69) is 5.32 Å². The van der Waals surface area contributed by atoms with Crippen molar-refractivity contribution < 1.29 is 9.84 Å². The van der Waals surface area contributed by atoms with Gasteiger partial charge in [0.25, 0.3) is 0 Å². The van der Waals surface area contributed by atoms with Gasteiger partial charge in [-0.3, -0.25) is 0 Å². The van der Waals surface area contributed by atoms with Gasteiger partial charge in [0, 0.05) is 6.54 Å². The molecule has 0 bridgehead atoms. The minimum atomic E-state index is -0.398. The van der Waals surface area contributed by atoms with Crippen molar-refractivity contribution in [2.75, 3.05) is 26.8 Å². The molecule has 0 aromatic carbocycles. The van der Waals surface area contributed by atoms with E-state index in [1.165, 1.54) is 0 Å². The summed E-state index contributed by atoms with van der Waals surface area (Å²) >= 11 is 0. The quantitative estimate of drug-likeness (QED) is 0.463. The minimum Gasteiger partial charge on any atom is -0.389 e. The second kappa shape index (κ2) is 10.6. The van der Waals surface area contributed by atoms with Crippen molar-refractivity contribution >= 4 is 0 Å². The van der Waals surface area contributed by atoms with Crippen LogP contribution in [-0.2, 0) is 4.74 Å². The van der Waals surface area contributed by atoms with E-state index in [4.69, 9.17) is 9.84 Å². The summed E-state index contributed by atoms with van der Waals surface area (Å²) in [7, 11) is 1.80. The van der Waals surface area contributed by atoms with Crippen LogP contribution < -0.4 is 5.32 Å². The van der Waals surface area contributed by atoms with Crippen LogP contribution in [0.2, 0.25) is 0 Å². The first-order valence-electron chi connectivity index (χ1n) is 3.82. The normalized spacial score (nSPS) is 12.9.